The fourth-order valence-electron chi connectivity index (χ4n) is 2.75. The number of alkyl halides is 3. The molecular weight excluding hydrogens is 420 g/mol. The van der Waals surface area contributed by atoms with Gasteiger partial charge in [-0.15, -0.1) is 0 Å². The van der Waals surface area contributed by atoms with Gasteiger partial charge in [0.2, 0.25) is 6.41 Å². The SMILES string of the molecule is CC1(c2cc(NC=O)ccc2F)COCC(N)=N1.Cc1ncccc1OCC(F)(F)F. The number of aryl methyl sites for hydroxylation is 1. The van der Waals surface area contributed by atoms with E-state index in [4.69, 9.17) is 10.5 Å². The lowest BCUT2D eigenvalue weighted by Crippen LogP contribution is -2.38. The van der Waals surface area contributed by atoms with Crippen LogP contribution >= 0.6 is 0 Å². The number of nitrogens with zero attached hydrogens (tertiary/aromatic N) is 2. The predicted octanol–water partition coefficient (Wildman–Crippen LogP) is 3.33. The van der Waals surface area contributed by atoms with Gasteiger partial charge in [0, 0.05) is 17.4 Å². The minimum atomic E-state index is -4.30. The summed E-state index contributed by atoms with van der Waals surface area (Å²) in [4.78, 5) is 18.4. The van der Waals surface area contributed by atoms with Gasteiger partial charge in [-0.1, -0.05) is 0 Å². The van der Waals surface area contributed by atoms with E-state index in [-0.39, 0.29) is 19.0 Å². The molecule has 0 aliphatic carbocycles. The van der Waals surface area contributed by atoms with Crippen molar-refractivity contribution in [1.82, 2.24) is 4.98 Å². The molecule has 0 bridgehead atoms. The molecule has 0 radical (unpaired) electrons. The Bertz CT molecular complexity index is 937. The minimum Gasteiger partial charge on any atom is -0.482 e. The zero-order chi connectivity index (χ0) is 23.1. The number of ether oxygens (including phenoxy) is 2. The first-order valence-corrected chi connectivity index (χ1v) is 9.07. The van der Waals surface area contributed by atoms with Gasteiger partial charge >= 0.3 is 6.18 Å². The average molecular weight is 442 g/mol. The maximum atomic E-state index is 13.9. The summed E-state index contributed by atoms with van der Waals surface area (Å²) in [5.74, 6) is 0.0905. The van der Waals surface area contributed by atoms with Crippen molar-refractivity contribution in [2.75, 3.05) is 25.1 Å². The van der Waals surface area contributed by atoms with Crippen molar-refractivity contribution < 1.29 is 31.8 Å². The predicted molar refractivity (Wildman–Crippen MR) is 106 cm³/mol. The van der Waals surface area contributed by atoms with Gasteiger partial charge in [0.1, 0.15) is 29.5 Å². The van der Waals surface area contributed by atoms with Crippen LogP contribution in [0.4, 0.5) is 23.2 Å². The molecule has 1 aliphatic heterocycles. The number of amidine groups is 1. The Hall–Kier alpha value is -3.21. The van der Waals surface area contributed by atoms with E-state index in [1.165, 1.54) is 36.5 Å². The van der Waals surface area contributed by atoms with Crippen molar-refractivity contribution >= 4 is 17.9 Å². The quantitative estimate of drug-likeness (QED) is 0.547. The summed E-state index contributed by atoms with van der Waals surface area (Å²) in [7, 11) is 0. The Kier molecular flexibility index (Phi) is 7.92. The molecule has 1 aliphatic rings. The molecule has 3 rings (SSSR count). The van der Waals surface area contributed by atoms with Crippen LogP contribution < -0.4 is 15.8 Å². The molecular formula is C20H22F4N4O3. The van der Waals surface area contributed by atoms with E-state index >= 15 is 0 Å². The largest absolute Gasteiger partial charge is 0.482 e. The molecule has 2 heterocycles. The minimum absolute atomic E-state index is 0.167. The number of benzene rings is 1. The van der Waals surface area contributed by atoms with Gasteiger partial charge in [0.15, 0.2) is 6.61 Å². The Morgan fingerprint density at radius 2 is 2.10 bits per heavy atom. The normalized spacial score (nSPS) is 18.3. The van der Waals surface area contributed by atoms with Gasteiger partial charge in [0.25, 0.3) is 0 Å². The zero-order valence-corrected chi connectivity index (χ0v) is 16.9. The molecule has 31 heavy (non-hydrogen) atoms. The molecule has 168 valence electrons. The highest BCUT2D eigenvalue weighted by atomic mass is 19.4. The Balaban J connectivity index is 0.000000233. The fourth-order valence-corrected chi connectivity index (χ4v) is 2.75. The third kappa shape index (κ3) is 7.21. The number of amides is 1. The molecule has 1 aromatic carbocycles. The monoisotopic (exact) mass is 442 g/mol. The first kappa shape index (κ1) is 24.1. The van der Waals surface area contributed by atoms with Gasteiger partial charge in [-0.3, -0.25) is 14.8 Å². The maximum Gasteiger partial charge on any atom is 0.422 e. The van der Waals surface area contributed by atoms with Crippen molar-refractivity contribution in [2.45, 2.75) is 25.6 Å². The topological polar surface area (TPSA) is 98.8 Å². The third-order valence-electron chi connectivity index (χ3n) is 4.15. The van der Waals surface area contributed by atoms with Crippen LogP contribution in [0.15, 0.2) is 41.5 Å². The molecule has 0 spiro atoms. The van der Waals surface area contributed by atoms with Gasteiger partial charge in [-0.2, -0.15) is 13.2 Å². The molecule has 0 saturated carbocycles. The van der Waals surface area contributed by atoms with E-state index in [1.807, 2.05) is 0 Å². The van der Waals surface area contributed by atoms with Crippen LogP contribution in [0.1, 0.15) is 18.2 Å². The summed E-state index contributed by atoms with van der Waals surface area (Å²) in [6.07, 6.45) is -2.27. The van der Waals surface area contributed by atoms with Gasteiger partial charge in [-0.25, -0.2) is 4.39 Å². The van der Waals surface area contributed by atoms with E-state index in [9.17, 15) is 22.4 Å². The van der Waals surface area contributed by atoms with E-state index < -0.39 is 24.1 Å². The third-order valence-corrected chi connectivity index (χ3v) is 4.15. The average Bonchev–Trinajstić information content (AvgIpc) is 2.69. The number of halogens is 4. The van der Waals surface area contributed by atoms with Crippen LogP contribution in [0.3, 0.4) is 0 Å². The lowest BCUT2D eigenvalue weighted by atomic mass is 9.92. The van der Waals surface area contributed by atoms with E-state index in [0.29, 0.717) is 29.2 Å². The first-order chi connectivity index (χ1) is 14.5. The number of aromatic nitrogens is 1. The number of aliphatic imine (C=N–C) groups is 1. The van der Waals surface area contributed by atoms with Crippen molar-refractivity contribution in [3.05, 3.63) is 53.6 Å². The number of nitrogens with two attached hydrogens (primary N) is 1. The summed E-state index contributed by atoms with van der Waals surface area (Å²) >= 11 is 0. The zero-order valence-electron chi connectivity index (χ0n) is 16.9. The number of anilines is 1. The Morgan fingerprint density at radius 3 is 2.71 bits per heavy atom. The maximum absolute atomic E-state index is 13.9. The second-order valence-electron chi connectivity index (χ2n) is 6.82. The number of pyridine rings is 1. The van der Waals surface area contributed by atoms with Crippen LogP contribution in [0.2, 0.25) is 0 Å². The van der Waals surface area contributed by atoms with Gasteiger partial charge < -0.3 is 20.5 Å². The summed E-state index contributed by atoms with van der Waals surface area (Å²) < 4.78 is 58.9. The number of carbonyl (C=O) groups is 1. The molecule has 7 nitrogen and oxygen atoms in total. The van der Waals surface area contributed by atoms with Crippen molar-refractivity contribution in [3.8, 4) is 5.75 Å². The summed E-state index contributed by atoms with van der Waals surface area (Å²) in [5.41, 5.74) is 6.05. The molecule has 0 saturated heterocycles. The number of carbonyl (C=O) groups excluding carboxylic acids is 1. The van der Waals surface area contributed by atoms with Crippen LogP contribution in [-0.4, -0.2) is 43.2 Å². The number of nitrogens with one attached hydrogen (secondary N) is 1. The Labute approximate surface area is 176 Å². The summed E-state index contributed by atoms with van der Waals surface area (Å²) in [5, 5.41) is 2.47. The molecule has 1 unspecified atom stereocenters. The van der Waals surface area contributed by atoms with Crippen LogP contribution in [-0.2, 0) is 15.1 Å². The van der Waals surface area contributed by atoms with E-state index in [1.54, 1.807) is 13.8 Å². The molecule has 1 aromatic heterocycles. The van der Waals surface area contributed by atoms with Crippen LogP contribution in [0.5, 0.6) is 5.75 Å². The number of hydrogen-bond acceptors (Lipinski definition) is 6. The van der Waals surface area contributed by atoms with E-state index in [0.717, 1.165) is 0 Å². The van der Waals surface area contributed by atoms with Crippen LogP contribution in [0, 0.1) is 12.7 Å². The summed E-state index contributed by atoms with van der Waals surface area (Å²) in [6.45, 7) is 2.55. The van der Waals surface area contributed by atoms with Crippen molar-refractivity contribution in [3.63, 3.8) is 0 Å². The molecule has 1 atom stereocenters. The highest BCUT2D eigenvalue weighted by molar-refractivity contribution is 5.82. The fraction of sp³-hybridized carbons (Fsp3) is 0.350. The molecule has 2 aromatic rings. The highest BCUT2D eigenvalue weighted by Crippen LogP contribution is 2.32. The second kappa shape index (κ2) is 10.2. The number of hydrogen-bond donors (Lipinski definition) is 2. The molecule has 0 fully saturated rings. The van der Waals surface area contributed by atoms with Gasteiger partial charge in [0.05, 0.1) is 12.3 Å². The smallest absolute Gasteiger partial charge is 0.422 e. The molecule has 1 amide bonds. The number of rotatable bonds is 5. The molecule has 3 N–H and O–H groups in total. The molecule has 11 heteroatoms. The van der Waals surface area contributed by atoms with Crippen LogP contribution in [0.25, 0.3) is 0 Å². The van der Waals surface area contributed by atoms with Gasteiger partial charge in [-0.05, 0) is 44.2 Å². The summed E-state index contributed by atoms with van der Waals surface area (Å²) in [6, 6.07) is 7.28. The lowest BCUT2D eigenvalue weighted by molar-refractivity contribution is -0.153. The van der Waals surface area contributed by atoms with E-state index in [2.05, 4.69) is 20.0 Å². The van der Waals surface area contributed by atoms with Crippen molar-refractivity contribution in [2.24, 2.45) is 10.7 Å². The first-order valence-electron chi connectivity index (χ1n) is 9.07. The Morgan fingerprint density at radius 1 is 1.35 bits per heavy atom. The standard InChI is InChI=1S/C12H14FN3O2.C8H8F3NO/c1-12(6-18-5-11(14)16-12)9-4-8(15-7-17)2-3-10(9)13;1-6-7(3-2-4-12-6)13-5-8(9,10)11/h2-4,7H,5-6H2,1H3,(H2,14,16)(H,15,17);2-4H,5H2,1H3. The van der Waals surface area contributed by atoms with Crippen molar-refractivity contribution in [1.29, 1.82) is 0 Å². The highest BCUT2D eigenvalue weighted by Gasteiger charge is 2.32. The second-order valence-corrected chi connectivity index (χ2v) is 6.82. The lowest BCUT2D eigenvalue weighted by Gasteiger charge is -2.30.